The van der Waals surface area contributed by atoms with Crippen LogP contribution in [0.15, 0.2) is 42.7 Å². The topological polar surface area (TPSA) is 39.9 Å². The van der Waals surface area contributed by atoms with Crippen LogP contribution < -0.4 is 4.90 Å². The Kier molecular flexibility index (Phi) is 5.67. The van der Waals surface area contributed by atoms with Gasteiger partial charge in [-0.1, -0.05) is 12.1 Å². The quantitative estimate of drug-likeness (QED) is 0.631. The van der Waals surface area contributed by atoms with Gasteiger partial charge in [-0.2, -0.15) is 0 Å². The fourth-order valence-corrected chi connectivity index (χ4v) is 5.37. The smallest absolute Gasteiger partial charge is 0.138 e. The van der Waals surface area contributed by atoms with Gasteiger partial charge in [0.25, 0.3) is 0 Å². The van der Waals surface area contributed by atoms with E-state index in [4.69, 9.17) is 9.97 Å². The largest absolute Gasteiger partial charge is 0.358 e. The number of hydrogen-bond acceptors (Lipinski definition) is 5. The van der Waals surface area contributed by atoms with Crippen LogP contribution in [0.5, 0.6) is 0 Å². The highest BCUT2D eigenvalue weighted by atomic mass is 15.3. The second-order valence-electron chi connectivity index (χ2n) is 9.40. The molecule has 3 aromatic heterocycles. The highest BCUT2D eigenvalue weighted by molar-refractivity contribution is 5.52. The van der Waals surface area contributed by atoms with Crippen LogP contribution in [0.2, 0.25) is 0 Å². The maximum atomic E-state index is 4.97. The third-order valence-corrected chi connectivity index (χ3v) is 7.15. The lowest BCUT2D eigenvalue weighted by Crippen LogP contribution is -2.42. The Hall–Kier alpha value is -2.44. The van der Waals surface area contributed by atoms with Crippen LogP contribution in [0.4, 0.5) is 5.82 Å². The third-order valence-electron chi connectivity index (χ3n) is 7.15. The first kappa shape index (κ1) is 20.5. The molecule has 0 radical (unpaired) electrons. The molecule has 5 rings (SSSR count). The number of aryl methyl sites for hydroxylation is 1. The first-order valence-corrected chi connectivity index (χ1v) is 11.6. The molecule has 0 N–H and O–H groups in total. The number of fused-ring (bicyclic) bond motifs is 2. The average Bonchev–Trinajstić information content (AvgIpc) is 3.21. The molecular weight excluding hydrogens is 384 g/mol. The normalized spacial score (nSPS) is 20.0. The highest BCUT2D eigenvalue weighted by Gasteiger charge is 2.26. The van der Waals surface area contributed by atoms with Gasteiger partial charge in [0.1, 0.15) is 11.5 Å². The van der Waals surface area contributed by atoms with Crippen LogP contribution in [0, 0.1) is 0 Å². The van der Waals surface area contributed by atoms with Crippen LogP contribution in [0.25, 0.3) is 5.65 Å². The summed E-state index contributed by atoms with van der Waals surface area (Å²) >= 11 is 0. The number of rotatable bonds is 5. The molecule has 164 valence electrons. The molecule has 1 atom stereocenters. The van der Waals surface area contributed by atoms with Crippen molar-refractivity contribution in [3.8, 4) is 0 Å². The van der Waals surface area contributed by atoms with E-state index in [1.807, 2.05) is 6.20 Å². The minimum atomic E-state index is 0.374. The van der Waals surface area contributed by atoms with Crippen molar-refractivity contribution in [3.05, 3.63) is 59.7 Å². The Morgan fingerprint density at radius 2 is 1.87 bits per heavy atom. The third kappa shape index (κ3) is 4.06. The van der Waals surface area contributed by atoms with Gasteiger partial charge in [-0.15, -0.1) is 0 Å². The molecule has 6 nitrogen and oxygen atoms in total. The van der Waals surface area contributed by atoms with Gasteiger partial charge in [-0.25, -0.2) is 4.98 Å². The van der Waals surface area contributed by atoms with Crippen molar-refractivity contribution in [3.63, 3.8) is 0 Å². The minimum Gasteiger partial charge on any atom is -0.358 e. The Morgan fingerprint density at radius 3 is 2.68 bits per heavy atom. The van der Waals surface area contributed by atoms with E-state index in [0.717, 1.165) is 37.4 Å². The van der Waals surface area contributed by atoms with E-state index in [1.54, 1.807) is 0 Å². The van der Waals surface area contributed by atoms with Gasteiger partial charge in [0.05, 0.1) is 17.4 Å². The van der Waals surface area contributed by atoms with E-state index >= 15 is 0 Å². The Bertz CT molecular complexity index is 1030. The van der Waals surface area contributed by atoms with Crippen LogP contribution in [-0.2, 0) is 13.0 Å². The molecule has 6 heteroatoms. The molecule has 1 aliphatic carbocycles. The molecule has 2 aliphatic rings. The van der Waals surface area contributed by atoms with Crippen molar-refractivity contribution in [2.75, 3.05) is 39.1 Å². The van der Waals surface area contributed by atoms with Crippen molar-refractivity contribution in [1.82, 2.24) is 24.2 Å². The maximum absolute atomic E-state index is 4.97. The molecular formula is C25H34N6. The van der Waals surface area contributed by atoms with Gasteiger partial charge in [0.15, 0.2) is 0 Å². The molecule has 1 fully saturated rings. The monoisotopic (exact) mass is 418 g/mol. The summed E-state index contributed by atoms with van der Waals surface area (Å²) in [5.74, 6) is 1.26. The molecule has 4 heterocycles. The molecule has 0 spiro atoms. The number of hydrogen-bond donors (Lipinski definition) is 0. The van der Waals surface area contributed by atoms with Crippen molar-refractivity contribution in [2.24, 2.45) is 0 Å². The Labute approximate surface area is 185 Å². The summed E-state index contributed by atoms with van der Waals surface area (Å²) in [6.45, 7) is 3.03. The maximum Gasteiger partial charge on any atom is 0.138 e. The van der Waals surface area contributed by atoms with Crippen molar-refractivity contribution in [1.29, 1.82) is 0 Å². The first-order valence-electron chi connectivity index (χ1n) is 11.6. The number of aromatic nitrogens is 3. The summed E-state index contributed by atoms with van der Waals surface area (Å²) in [4.78, 5) is 17.0. The number of nitrogens with zero attached hydrogens (tertiary/aromatic N) is 6. The molecule has 3 aromatic rings. The number of anilines is 1. The van der Waals surface area contributed by atoms with E-state index < -0.39 is 0 Å². The van der Waals surface area contributed by atoms with Gasteiger partial charge in [-0.05, 0) is 77.0 Å². The molecule has 31 heavy (non-hydrogen) atoms. The van der Waals surface area contributed by atoms with Gasteiger partial charge in [0, 0.05) is 38.1 Å². The zero-order chi connectivity index (χ0) is 21.4. The summed E-state index contributed by atoms with van der Waals surface area (Å²) in [6, 6.07) is 11.9. The zero-order valence-corrected chi connectivity index (χ0v) is 19.0. The fourth-order valence-electron chi connectivity index (χ4n) is 5.37. The molecule has 1 aliphatic heterocycles. The van der Waals surface area contributed by atoms with Crippen LogP contribution in [0.1, 0.15) is 48.7 Å². The molecule has 0 unspecified atom stereocenters. The number of piperidine rings is 1. The van der Waals surface area contributed by atoms with E-state index in [1.165, 1.54) is 42.8 Å². The average molecular weight is 419 g/mol. The van der Waals surface area contributed by atoms with E-state index in [-0.39, 0.29) is 0 Å². The van der Waals surface area contributed by atoms with E-state index in [0.29, 0.717) is 12.1 Å². The summed E-state index contributed by atoms with van der Waals surface area (Å²) < 4.78 is 2.28. The lowest BCUT2D eigenvalue weighted by Gasteiger charge is -2.36. The summed E-state index contributed by atoms with van der Waals surface area (Å²) in [5.41, 5.74) is 4.83. The van der Waals surface area contributed by atoms with Gasteiger partial charge < -0.3 is 9.80 Å². The van der Waals surface area contributed by atoms with E-state index in [9.17, 15) is 0 Å². The molecule has 1 saturated heterocycles. The van der Waals surface area contributed by atoms with Gasteiger partial charge >= 0.3 is 0 Å². The van der Waals surface area contributed by atoms with E-state index in [2.05, 4.69) is 76.8 Å². The molecule has 0 aromatic carbocycles. The van der Waals surface area contributed by atoms with Crippen LogP contribution in [-0.4, -0.2) is 64.4 Å². The molecule has 0 saturated carbocycles. The van der Waals surface area contributed by atoms with Crippen molar-refractivity contribution < 1.29 is 0 Å². The SMILES string of the molecule is CN(C)C1CCN(c2cccc3nc(CN(C)[C@H]4CCCc5cccnc54)cn23)CC1. The fraction of sp³-hybridized carbons (Fsp3) is 0.520. The highest BCUT2D eigenvalue weighted by Crippen LogP contribution is 2.33. The first-order chi connectivity index (χ1) is 15.1. The van der Waals surface area contributed by atoms with Gasteiger partial charge in [-0.3, -0.25) is 14.3 Å². The Morgan fingerprint density at radius 1 is 1.03 bits per heavy atom. The second-order valence-corrected chi connectivity index (χ2v) is 9.40. The summed E-state index contributed by atoms with van der Waals surface area (Å²) in [5, 5.41) is 0. The lowest BCUT2D eigenvalue weighted by molar-refractivity contribution is 0.206. The number of imidazole rings is 1. The predicted octanol–water partition coefficient (Wildman–Crippen LogP) is 3.77. The van der Waals surface area contributed by atoms with Gasteiger partial charge in [0.2, 0.25) is 0 Å². The second kappa shape index (κ2) is 8.60. The summed E-state index contributed by atoms with van der Waals surface area (Å²) in [6.07, 6.45) is 10.1. The van der Waals surface area contributed by atoms with Crippen LogP contribution in [0.3, 0.4) is 0 Å². The standard InChI is InChI=1S/C25H34N6/c1-28(2)21-12-15-30(16-13-21)24-11-5-10-23-27-20(18-31(23)24)17-29(3)22-9-4-7-19-8-6-14-26-25(19)22/h5-6,8,10-11,14,18,21-22H,4,7,9,12-13,15-17H2,1-3H3/t22-/m0/s1. The minimum absolute atomic E-state index is 0.374. The molecule has 0 bridgehead atoms. The molecule has 0 amide bonds. The van der Waals surface area contributed by atoms with Crippen LogP contribution >= 0.6 is 0 Å². The Balaban J connectivity index is 1.35. The van der Waals surface area contributed by atoms with Crippen molar-refractivity contribution >= 4 is 11.5 Å². The predicted molar refractivity (Wildman–Crippen MR) is 125 cm³/mol. The summed E-state index contributed by atoms with van der Waals surface area (Å²) in [7, 11) is 6.60. The lowest BCUT2D eigenvalue weighted by atomic mass is 9.91. The zero-order valence-electron chi connectivity index (χ0n) is 19.0. The number of pyridine rings is 2. The van der Waals surface area contributed by atoms with Crippen molar-refractivity contribution in [2.45, 2.75) is 50.7 Å².